The summed E-state index contributed by atoms with van der Waals surface area (Å²) in [6.07, 6.45) is 2.93. The van der Waals surface area contributed by atoms with Gasteiger partial charge in [0, 0.05) is 29.4 Å². The molecule has 0 bridgehead atoms. The van der Waals surface area contributed by atoms with Crippen LogP contribution in [0.5, 0.6) is 0 Å². The number of benzene rings is 2. The molecule has 3 aromatic rings. The fourth-order valence-corrected chi connectivity index (χ4v) is 3.52. The zero-order valence-electron chi connectivity index (χ0n) is 13.7. The van der Waals surface area contributed by atoms with E-state index in [1.54, 1.807) is 24.3 Å². The Labute approximate surface area is 150 Å². The van der Waals surface area contributed by atoms with Gasteiger partial charge in [-0.25, -0.2) is 13.2 Å². The Hall–Kier alpha value is -2.31. The van der Waals surface area contributed by atoms with Gasteiger partial charge < -0.3 is 9.30 Å². The van der Waals surface area contributed by atoms with Crippen molar-refractivity contribution in [3.05, 3.63) is 64.8 Å². The number of hydrogen-bond donors (Lipinski definition) is 0. The number of esters is 1. The van der Waals surface area contributed by atoms with Gasteiger partial charge in [-0.3, -0.25) is 0 Å². The van der Waals surface area contributed by atoms with Crippen LogP contribution in [-0.4, -0.2) is 32.3 Å². The van der Waals surface area contributed by atoms with E-state index in [0.29, 0.717) is 22.5 Å². The van der Waals surface area contributed by atoms with Gasteiger partial charge in [-0.15, -0.1) is 0 Å². The molecule has 0 unspecified atom stereocenters. The number of nitrogens with zero attached hydrogens (tertiary/aromatic N) is 1. The Bertz CT molecular complexity index is 1050. The monoisotopic (exact) mass is 377 g/mol. The molecule has 0 aliphatic heterocycles. The highest BCUT2D eigenvalue weighted by molar-refractivity contribution is 7.90. The summed E-state index contributed by atoms with van der Waals surface area (Å²) < 4.78 is 30.5. The van der Waals surface area contributed by atoms with E-state index in [1.807, 2.05) is 22.9 Å². The van der Waals surface area contributed by atoms with Gasteiger partial charge in [0.2, 0.25) is 0 Å². The Balaban J connectivity index is 2.18. The number of sulfone groups is 1. The molecule has 3 rings (SSSR count). The molecule has 5 nitrogen and oxygen atoms in total. The highest BCUT2D eigenvalue weighted by Gasteiger charge is 2.19. The van der Waals surface area contributed by atoms with Gasteiger partial charge in [-0.05, 0) is 35.9 Å². The molecule has 0 amide bonds. The fourth-order valence-electron chi connectivity index (χ4n) is 2.72. The van der Waals surface area contributed by atoms with Gasteiger partial charge in [0.25, 0.3) is 0 Å². The van der Waals surface area contributed by atoms with Gasteiger partial charge >= 0.3 is 5.97 Å². The summed E-state index contributed by atoms with van der Waals surface area (Å²) in [6, 6.07) is 12.1. The van der Waals surface area contributed by atoms with Gasteiger partial charge in [-0.1, -0.05) is 23.7 Å². The van der Waals surface area contributed by atoms with Crippen LogP contribution in [0, 0.1) is 0 Å². The standard InChI is InChI=1S/C18H16ClNO4S/c1-24-18(21)16-10-15(25(2,22)23)9-13-7-8-20(17(13)16)11-12-3-5-14(19)6-4-12/h3-10H,11H2,1-2H3. The summed E-state index contributed by atoms with van der Waals surface area (Å²) in [6.45, 7) is 0.517. The highest BCUT2D eigenvalue weighted by Crippen LogP contribution is 2.27. The van der Waals surface area contributed by atoms with Crippen molar-refractivity contribution in [1.82, 2.24) is 4.57 Å². The predicted octanol–water partition coefficient (Wildman–Crippen LogP) is 3.53. The summed E-state index contributed by atoms with van der Waals surface area (Å²) in [7, 11) is -2.17. The molecule has 0 aliphatic rings. The van der Waals surface area contributed by atoms with E-state index in [-0.39, 0.29) is 10.5 Å². The van der Waals surface area contributed by atoms with Crippen LogP contribution in [0.3, 0.4) is 0 Å². The van der Waals surface area contributed by atoms with Crippen LogP contribution in [0.15, 0.2) is 53.6 Å². The van der Waals surface area contributed by atoms with Crippen molar-refractivity contribution < 1.29 is 17.9 Å². The summed E-state index contributed by atoms with van der Waals surface area (Å²) in [5, 5.41) is 1.31. The molecule has 0 fully saturated rings. The SMILES string of the molecule is COC(=O)c1cc(S(C)(=O)=O)cc2ccn(Cc3ccc(Cl)cc3)c12. The fraction of sp³-hybridized carbons (Fsp3) is 0.167. The molecule has 0 spiro atoms. The Morgan fingerprint density at radius 2 is 1.84 bits per heavy atom. The second-order valence-corrected chi connectivity index (χ2v) is 8.19. The average molecular weight is 378 g/mol. The summed E-state index contributed by atoms with van der Waals surface area (Å²) in [5.74, 6) is -0.577. The first-order valence-electron chi connectivity index (χ1n) is 7.45. The number of fused-ring (bicyclic) bond motifs is 1. The lowest BCUT2D eigenvalue weighted by Crippen LogP contribution is -2.08. The molecule has 0 aliphatic carbocycles. The third-order valence-electron chi connectivity index (χ3n) is 3.93. The lowest BCUT2D eigenvalue weighted by atomic mass is 10.1. The molecule has 130 valence electrons. The Kier molecular flexibility index (Phi) is 4.58. The largest absolute Gasteiger partial charge is 0.465 e. The van der Waals surface area contributed by atoms with Crippen molar-refractivity contribution in [3.63, 3.8) is 0 Å². The number of aromatic nitrogens is 1. The van der Waals surface area contributed by atoms with Crippen LogP contribution >= 0.6 is 11.6 Å². The number of ether oxygens (including phenoxy) is 1. The molecule has 0 saturated heterocycles. The zero-order valence-corrected chi connectivity index (χ0v) is 15.3. The molecular formula is C18H16ClNO4S. The molecular weight excluding hydrogens is 362 g/mol. The first-order chi connectivity index (χ1) is 11.8. The minimum atomic E-state index is -3.44. The minimum Gasteiger partial charge on any atom is -0.465 e. The molecule has 0 radical (unpaired) electrons. The summed E-state index contributed by atoms with van der Waals surface area (Å²) in [4.78, 5) is 12.3. The van der Waals surface area contributed by atoms with E-state index in [0.717, 1.165) is 11.8 Å². The van der Waals surface area contributed by atoms with E-state index >= 15 is 0 Å². The molecule has 2 aromatic carbocycles. The number of carbonyl (C=O) groups is 1. The normalized spacial score (nSPS) is 11.6. The summed E-state index contributed by atoms with van der Waals surface area (Å²) >= 11 is 5.91. The maximum Gasteiger partial charge on any atom is 0.340 e. The van der Waals surface area contributed by atoms with Crippen molar-refractivity contribution in [1.29, 1.82) is 0 Å². The maximum atomic E-state index is 12.2. The average Bonchev–Trinajstić information content (AvgIpc) is 2.97. The number of rotatable bonds is 4. The second kappa shape index (κ2) is 6.54. The molecule has 0 atom stereocenters. The van der Waals surface area contributed by atoms with Gasteiger partial charge in [0.05, 0.1) is 23.1 Å². The highest BCUT2D eigenvalue weighted by atomic mass is 35.5. The van der Waals surface area contributed by atoms with E-state index in [1.165, 1.54) is 13.2 Å². The molecule has 1 heterocycles. The predicted molar refractivity (Wildman–Crippen MR) is 96.9 cm³/mol. The van der Waals surface area contributed by atoms with Crippen LogP contribution in [0.1, 0.15) is 15.9 Å². The zero-order chi connectivity index (χ0) is 18.2. The quantitative estimate of drug-likeness (QED) is 0.652. The van der Waals surface area contributed by atoms with E-state index in [4.69, 9.17) is 16.3 Å². The number of methoxy groups -OCH3 is 1. The van der Waals surface area contributed by atoms with Crippen molar-refractivity contribution in [2.75, 3.05) is 13.4 Å². The van der Waals surface area contributed by atoms with Crippen molar-refractivity contribution >= 4 is 38.3 Å². The van der Waals surface area contributed by atoms with Gasteiger partial charge in [-0.2, -0.15) is 0 Å². The molecule has 7 heteroatoms. The van der Waals surface area contributed by atoms with Gasteiger partial charge in [0.1, 0.15) is 0 Å². The van der Waals surface area contributed by atoms with Crippen molar-refractivity contribution in [2.24, 2.45) is 0 Å². The first kappa shape index (κ1) is 17.5. The maximum absolute atomic E-state index is 12.2. The topological polar surface area (TPSA) is 65.4 Å². The third kappa shape index (κ3) is 3.55. The number of halogens is 1. The number of carbonyl (C=O) groups excluding carboxylic acids is 1. The van der Waals surface area contributed by atoms with E-state index < -0.39 is 15.8 Å². The minimum absolute atomic E-state index is 0.0876. The van der Waals surface area contributed by atoms with E-state index in [9.17, 15) is 13.2 Å². The van der Waals surface area contributed by atoms with Crippen LogP contribution < -0.4 is 0 Å². The Morgan fingerprint density at radius 1 is 1.16 bits per heavy atom. The Morgan fingerprint density at radius 3 is 2.44 bits per heavy atom. The second-order valence-electron chi connectivity index (χ2n) is 5.74. The van der Waals surface area contributed by atoms with Crippen LogP contribution in [0.4, 0.5) is 0 Å². The van der Waals surface area contributed by atoms with Crippen LogP contribution in [-0.2, 0) is 21.1 Å². The smallest absolute Gasteiger partial charge is 0.340 e. The lowest BCUT2D eigenvalue weighted by molar-refractivity contribution is 0.0602. The summed E-state index contributed by atoms with van der Waals surface area (Å²) in [5.41, 5.74) is 1.86. The molecule has 1 aromatic heterocycles. The molecule has 0 saturated carbocycles. The van der Waals surface area contributed by atoms with Crippen molar-refractivity contribution in [3.8, 4) is 0 Å². The first-order valence-corrected chi connectivity index (χ1v) is 9.72. The molecule has 25 heavy (non-hydrogen) atoms. The van der Waals surface area contributed by atoms with Crippen molar-refractivity contribution in [2.45, 2.75) is 11.4 Å². The number of hydrogen-bond acceptors (Lipinski definition) is 4. The lowest BCUT2D eigenvalue weighted by Gasteiger charge is -2.11. The van der Waals surface area contributed by atoms with Gasteiger partial charge in [0.15, 0.2) is 9.84 Å². The van der Waals surface area contributed by atoms with Crippen LogP contribution in [0.25, 0.3) is 10.9 Å². The molecule has 0 N–H and O–H groups in total. The third-order valence-corrected chi connectivity index (χ3v) is 5.28. The van der Waals surface area contributed by atoms with E-state index in [2.05, 4.69) is 0 Å². The van der Waals surface area contributed by atoms with Crippen LogP contribution in [0.2, 0.25) is 5.02 Å².